The van der Waals surface area contributed by atoms with Gasteiger partial charge >= 0.3 is 5.97 Å². The van der Waals surface area contributed by atoms with Crippen molar-refractivity contribution < 1.29 is 28.7 Å². The number of pyridine rings is 1. The first-order valence-electron chi connectivity index (χ1n) is 17.2. The van der Waals surface area contributed by atoms with E-state index in [9.17, 15) is 19.2 Å². The molecule has 0 spiro atoms. The Morgan fingerprint density at radius 3 is 2.33 bits per heavy atom. The molecule has 2 aliphatic rings. The predicted octanol–water partition coefficient (Wildman–Crippen LogP) is 8.80. The number of fused-ring (bicyclic) bond motifs is 2. The lowest BCUT2D eigenvalue weighted by atomic mass is 9.76. The number of rotatable bonds is 9. The van der Waals surface area contributed by atoms with E-state index in [1.165, 1.54) is 4.90 Å². The number of benzene rings is 4. The standard InChI is InChI=1S/C42H37ClN2O6/c1-24-9-18-33-34(21-24)41(48)45(40(33)47)30-14-10-28(11-15-30)37-22-35(32-19-20-36(43)25(2)38(32)44-37)42(49)51-26(3)39(46)29-12-16-31(17-13-29)50-23-27-7-5-4-6-8-27/h4-8,10-17,19-20,22,24,26,33-34H,9,18,21,23H2,1-3H3. The highest BCUT2D eigenvalue weighted by Gasteiger charge is 2.50. The van der Waals surface area contributed by atoms with Crippen LogP contribution < -0.4 is 9.64 Å². The van der Waals surface area contributed by atoms with Gasteiger partial charge in [0.15, 0.2) is 6.10 Å². The zero-order chi connectivity index (χ0) is 35.8. The van der Waals surface area contributed by atoms with Gasteiger partial charge in [0.05, 0.1) is 34.3 Å². The molecule has 5 aromatic rings. The largest absolute Gasteiger partial charge is 0.489 e. The third-order valence-electron chi connectivity index (χ3n) is 10.0. The second kappa shape index (κ2) is 14.1. The van der Waals surface area contributed by atoms with Crippen LogP contribution in [-0.2, 0) is 20.9 Å². The number of carbonyl (C=O) groups excluding carboxylic acids is 4. The first kappa shape index (κ1) is 34.1. The lowest BCUT2D eigenvalue weighted by Gasteiger charge is -2.25. The molecule has 51 heavy (non-hydrogen) atoms. The van der Waals surface area contributed by atoms with Crippen LogP contribution in [0.25, 0.3) is 22.2 Å². The molecular weight excluding hydrogens is 664 g/mol. The molecule has 2 fully saturated rings. The molecule has 0 radical (unpaired) electrons. The summed E-state index contributed by atoms with van der Waals surface area (Å²) in [6.45, 7) is 5.89. The smallest absolute Gasteiger partial charge is 0.339 e. The summed E-state index contributed by atoms with van der Waals surface area (Å²) in [5, 5.41) is 1.02. The number of anilines is 1. The maximum Gasteiger partial charge on any atom is 0.339 e. The van der Waals surface area contributed by atoms with Gasteiger partial charge in [-0.15, -0.1) is 0 Å². The molecule has 4 unspecified atom stereocenters. The van der Waals surface area contributed by atoms with Gasteiger partial charge in [-0.2, -0.15) is 0 Å². The number of aromatic nitrogens is 1. The van der Waals surface area contributed by atoms with Crippen molar-refractivity contribution >= 4 is 51.8 Å². The van der Waals surface area contributed by atoms with Crippen molar-refractivity contribution in [2.75, 3.05) is 4.90 Å². The number of esters is 1. The molecule has 2 heterocycles. The van der Waals surface area contributed by atoms with E-state index in [0.717, 1.165) is 24.8 Å². The van der Waals surface area contributed by atoms with Gasteiger partial charge in [-0.3, -0.25) is 19.3 Å². The summed E-state index contributed by atoms with van der Waals surface area (Å²) >= 11 is 6.48. The summed E-state index contributed by atoms with van der Waals surface area (Å²) in [6, 6.07) is 28.6. The number of aryl methyl sites for hydroxylation is 1. The van der Waals surface area contributed by atoms with Gasteiger partial charge in [0, 0.05) is 21.5 Å². The van der Waals surface area contributed by atoms with Crippen molar-refractivity contribution in [3.8, 4) is 17.0 Å². The average Bonchev–Trinajstić information content (AvgIpc) is 3.40. The lowest BCUT2D eigenvalue weighted by molar-refractivity contribution is -0.122. The Balaban J connectivity index is 1.11. The highest BCUT2D eigenvalue weighted by molar-refractivity contribution is 6.32. The number of amides is 2. The van der Waals surface area contributed by atoms with E-state index in [4.69, 9.17) is 26.1 Å². The minimum absolute atomic E-state index is 0.139. The van der Waals surface area contributed by atoms with Gasteiger partial charge in [-0.25, -0.2) is 9.78 Å². The third kappa shape index (κ3) is 6.76. The molecule has 0 N–H and O–H groups in total. The molecule has 1 aromatic heterocycles. The van der Waals surface area contributed by atoms with Crippen LogP contribution in [0.4, 0.5) is 5.69 Å². The van der Waals surface area contributed by atoms with E-state index in [1.807, 2.05) is 37.3 Å². The summed E-state index contributed by atoms with van der Waals surface area (Å²) in [7, 11) is 0. The second-order valence-corrected chi connectivity index (χ2v) is 13.9. The molecule has 1 aliphatic carbocycles. The number of nitrogens with zero attached hydrogens (tertiary/aromatic N) is 2. The van der Waals surface area contributed by atoms with Crippen molar-refractivity contribution in [3.63, 3.8) is 0 Å². The van der Waals surface area contributed by atoms with Crippen molar-refractivity contribution in [2.24, 2.45) is 17.8 Å². The topological polar surface area (TPSA) is 103 Å². The number of hydrogen-bond acceptors (Lipinski definition) is 7. The number of carbonyl (C=O) groups is 4. The third-order valence-corrected chi connectivity index (χ3v) is 10.4. The van der Waals surface area contributed by atoms with Gasteiger partial charge in [-0.1, -0.05) is 67.1 Å². The highest BCUT2D eigenvalue weighted by Crippen LogP contribution is 2.42. The van der Waals surface area contributed by atoms with E-state index in [1.54, 1.807) is 73.7 Å². The van der Waals surface area contributed by atoms with Crippen LogP contribution >= 0.6 is 11.6 Å². The minimum atomic E-state index is -1.07. The maximum absolute atomic E-state index is 13.8. The van der Waals surface area contributed by atoms with E-state index in [2.05, 4.69) is 6.92 Å². The number of ether oxygens (including phenoxy) is 2. The molecule has 8 nitrogen and oxygen atoms in total. The van der Waals surface area contributed by atoms with E-state index in [0.29, 0.717) is 62.3 Å². The SMILES string of the molecule is Cc1c(Cl)ccc2c(C(=O)OC(C)C(=O)c3ccc(OCc4ccccc4)cc3)cc(-c3ccc(N4C(=O)C5CCC(C)CC5C4=O)cc3)nc12. The molecule has 9 heteroatoms. The Labute approximate surface area is 301 Å². The summed E-state index contributed by atoms with van der Waals surface area (Å²) in [5.74, 6) is -0.813. The molecule has 2 amide bonds. The first-order chi connectivity index (χ1) is 24.6. The molecule has 1 saturated carbocycles. The molecule has 4 atom stereocenters. The molecule has 7 rings (SSSR count). The van der Waals surface area contributed by atoms with Crippen LogP contribution in [-0.4, -0.2) is 34.7 Å². The van der Waals surface area contributed by atoms with Crippen LogP contribution in [0, 0.1) is 24.7 Å². The van der Waals surface area contributed by atoms with Gasteiger partial charge in [0.2, 0.25) is 17.6 Å². The summed E-state index contributed by atoms with van der Waals surface area (Å²) < 4.78 is 11.6. The van der Waals surface area contributed by atoms with Gasteiger partial charge in [0.1, 0.15) is 12.4 Å². The van der Waals surface area contributed by atoms with Crippen molar-refractivity contribution in [3.05, 3.63) is 124 Å². The molecule has 258 valence electrons. The Morgan fingerprint density at radius 1 is 0.902 bits per heavy atom. The highest BCUT2D eigenvalue weighted by atomic mass is 35.5. The zero-order valence-corrected chi connectivity index (χ0v) is 29.4. The maximum atomic E-state index is 13.8. The van der Waals surface area contributed by atoms with Crippen molar-refractivity contribution in [2.45, 2.75) is 52.7 Å². The monoisotopic (exact) mass is 700 g/mol. The zero-order valence-electron chi connectivity index (χ0n) is 28.6. The van der Waals surface area contributed by atoms with E-state index < -0.39 is 12.1 Å². The number of Topliss-reactive ketones (excluding diaryl/α,β-unsaturated/α-hetero) is 1. The van der Waals surface area contributed by atoms with Crippen LogP contribution in [0.3, 0.4) is 0 Å². The van der Waals surface area contributed by atoms with Crippen LogP contribution in [0.1, 0.15) is 65.0 Å². The Morgan fingerprint density at radius 2 is 1.61 bits per heavy atom. The fraction of sp³-hybridized carbons (Fsp3) is 0.262. The van der Waals surface area contributed by atoms with Gasteiger partial charge in [-0.05, 0) is 98.7 Å². The molecule has 1 saturated heterocycles. The minimum Gasteiger partial charge on any atom is -0.489 e. The van der Waals surface area contributed by atoms with Crippen molar-refractivity contribution in [1.82, 2.24) is 4.98 Å². The number of imide groups is 1. The average molecular weight is 701 g/mol. The van der Waals surface area contributed by atoms with E-state index in [-0.39, 0.29) is 35.0 Å². The fourth-order valence-electron chi connectivity index (χ4n) is 7.11. The van der Waals surface area contributed by atoms with Gasteiger partial charge < -0.3 is 9.47 Å². The van der Waals surface area contributed by atoms with E-state index >= 15 is 0 Å². The molecule has 4 aromatic carbocycles. The lowest BCUT2D eigenvalue weighted by Crippen LogP contribution is -2.30. The van der Waals surface area contributed by atoms with Crippen LogP contribution in [0.5, 0.6) is 5.75 Å². The number of ketones is 1. The second-order valence-electron chi connectivity index (χ2n) is 13.5. The normalized spacial score (nSPS) is 19.1. The molecular formula is C42H37ClN2O6. The number of hydrogen-bond donors (Lipinski definition) is 0. The summed E-state index contributed by atoms with van der Waals surface area (Å²) in [6.07, 6.45) is 1.33. The van der Waals surface area contributed by atoms with Gasteiger partial charge in [0.25, 0.3) is 0 Å². The van der Waals surface area contributed by atoms with Crippen LogP contribution in [0.2, 0.25) is 5.02 Å². The number of halogens is 1. The quantitative estimate of drug-likeness (QED) is 0.0860. The molecule has 1 aliphatic heterocycles. The molecule has 0 bridgehead atoms. The fourth-order valence-corrected chi connectivity index (χ4v) is 7.27. The predicted molar refractivity (Wildman–Crippen MR) is 196 cm³/mol. The summed E-state index contributed by atoms with van der Waals surface area (Å²) in [4.78, 5) is 59.9. The Bertz CT molecular complexity index is 2150. The summed E-state index contributed by atoms with van der Waals surface area (Å²) in [5.41, 5.74) is 4.49. The first-order valence-corrected chi connectivity index (χ1v) is 17.6. The Kier molecular flexibility index (Phi) is 9.44. The van der Waals surface area contributed by atoms with Crippen LogP contribution in [0.15, 0.2) is 97.1 Å². The Hall–Kier alpha value is -5.34. The van der Waals surface area contributed by atoms with Crippen molar-refractivity contribution in [1.29, 1.82) is 0 Å².